The lowest BCUT2D eigenvalue weighted by molar-refractivity contribution is -0.128. The molecule has 3 amide bonds. The highest BCUT2D eigenvalue weighted by Crippen LogP contribution is 2.31. The topological polar surface area (TPSA) is 146 Å². The summed E-state index contributed by atoms with van der Waals surface area (Å²) in [6, 6.07) is 4.82. The lowest BCUT2D eigenvalue weighted by atomic mass is 9.96. The SMILES string of the molecule is CCn1nc(C)cc1C(=O)Nc1nc2cc(C(N)=O)cc(OC)c2n1CCCNC(=O)C(C)(C)C. The first-order valence-electron chi connectivity index (χ1n) is 11.5. The van der Waals surface area contributed by atoms with Crippen LogP contribution in [0.25, 0.3) is 11.0 Å². The van der Waals surface area contributed by atoms with Crippen molar-refractivity contribution in [1.29, 1.82) is 0 Å². The molecule has 2 heterocycles. The van der Waals surface area contributed by atoms with E-state index in [9.17, 15) is 14.4 Å². The Morgan fingerprint density at radius 3 is 2.49 bits per heavy atom. The van der Waals surface area contributed by atoms with Gasteiger partial charge < -0.3 is 20.4 Å². The quantitative estimate of drug-likeness (QED) is 0.399. The number of hydrogen-bond donors (Lipinski definition) is 3. The molecule has 11 heteroatoms. The average Bonchev–Trinajstić information content (AvgIpc) is 3.34. The van der Waals surface area contributed by atoms with E-state index in [-0.39, 0.29) is 23.3 Å². The molecule has 11 nitrogen and oxygen atoms in total. The number of benzene rings is 1. The molecular weight excluding hydrogens is 450 g/mol. The summed E-state index contributed by atoms with van der Waals surface area (Å²) in [4.78, 5) is 41.7. The van der Waals surface area contributed by atoms with Crippen LogP contribution in [0.5, 0.6) is 5.75 Å². The molecule has 0 atom stereocenters. The highest BCUT2D eigenvalue weighted by atomic mass is 16.5. The van der Waals surface area contributed by atoms with Gasteiger partial charge in [-0.25, -0.2) is 4.98 Å². The van der Waals surface area contributed by atoms with E-state index in [0.717, 1.165) is 5.69 Å². The Morgan fingerprint density at radius 2 is 1.89 bits per heavy atom. The van der Waals surface area contributed by atoms with E-state index in [1.54, 1.807) is 27.4 Å². The number of amides is 3. The highest BCUT2D eigenvalue weighted by Gasteiger charge is 2.23. The number of nitrogens with two attached hydrogens (primary N) is 1. The zero-order valence-electron chi connectivity index (χ0n) is 21.1. The molecule has 188 valence electrons. The smallest absolute Gasteiger partial charge is 0.276 e. The number of hydrogen-bond acceptors (Lipinski definition) is 6. The fourth-order valence-corrected chi connectivity index (χ4v) is 3.68. The van der Waals surface area contributed by atoms with Crippen LogP contribution in [0.4, 0.5) is 5.95 Å². The van der Waals surface area contributed by atoms with Crippen LogP contribution in [0.3, 0.4) is 0 Å². The van der Waals surface area contributed by atoms with E-state index in [1.807, 2.05) is 34.6 Å². The van der Waals surface area contributed by atoms with Gasteiger partial charge in [-0.05, 0) is 38.5 Å². The number of anilines is 1. The maximum Gasteiger partial charge on any atom is 0.276 e. The molecular formula is C24H33N7O4. The first-order chi connectivity index (χ1) is 16.5. The molecule has 3 aromatic rings. The Kier molecular flexibility index (Phi) is 7.47. The minimum absolute atomic E-state index is 0.0478. The van der Waals surface area contributed by atoms with Gasteiger partial charge in [0.1, 0.15) is 17.0 Å². The second kappa shape index (κ2) is 10.2. The van der Waals surface area contributed by atoms with Crippen molar-refractivity contribution in [2.45, 2.75) is 54.1 Å². The number of nitrogens with zero attached hydrogens (tertiary/aromatic N) is 4. The van der Waals surface area contributed by atoms with Gasteiger partial charge >= 0.3 is 0 Å². The Morgan fingerprint density at radius 1 is 1.17 bits per heavy atom. The maximum atomic E-state index is 13.1. The van der Waals surface area contributed by atoms with Crippen LogP contribution in [0.1, 0.15) is 60.7 Å². The molecule has 0 aliphatic heterocycles. The van der Waals surface area contributed by atoms with E-state index in [1.165, 1.54) is 7.11 Å². The summed E-state index contributed by atoms with van der Waals surface area (Å²) in [5.41, 5.74) is 7.43. The highest BCUT2D eigenvalue weighted by molar-refractivity contribution is 6.04. The maximum absolute atomic E-state index is 13.1. The molecule has 0 saturated heterocycles. The van der Waals surface area contributed by atoms with Gasteiger partial charge in [-0.3, -0.25) is 24.4 Å². The van der Waals surface area contributed by atoms with Gasteiger partial charge in [0, 0.05) is 30.6 Å². The summed E-state index contributed by atoms with van der Waals surface area (Å²) in [6.07, 6.45) is 0.572. The van der Waals surface area contributed by atoms with Crippen molar-refractivity contribution in [3.63, 3.8) is 0 Å². The third-order valence-corrected chi connectivity index (χ3v) is 5.50. The molecule has 0 spiro atoms. The van der Waals surface area contributed by atoms with Crippen LogP contribution in [0.2, 0.25) is 0 Å². The second-order valence-electron chi connectivity index (χ2n) is 9.30. The van der Waals surface area contributed by atoms with Gasteiger partial charge in [0.2, 0.25) is 17.8 Å². The van der Waals surface area contributed by atoms with Crippen molar-refractivity contribution in [2.75, 3.05) is 19.0 Å². The predicted octanol–water partition coefficient (Wildman–Crippen LogP) is 2.47. The van der Waals surface area contributed by atoms with E-state index >= 15 is 0 Å². The number of ether oxygens (including phenoxy) is 1. The van der Waals surface area contributed by atoms with Gasteiger partial charge in [-0.2, -0.15) is 5.10 Å². The molecule has 0 bridgehead atoms. The van der Waals surface area contributed by atoms with Crippen molar-refractivity contribution in [3.05, 3.63) is 35.2 Å². The van der Waals surface area contributed by atoms with Crippen molar-refractivity contribution in [1.82, 2.24) is 24.6 Å². The average molecular weight is 484 g/mol. The molecule has 0 unspecified atom stereocenters. The molecule has 0 saturated carbocycles. The van der Waals surface area contributed by atoms with E-state index in [4.69, 9.17) is 10.5 Å². The molecule has 1 aromatic carbocycles. The van der Waals surface area contributed by atoms with Crippen LogP contribution in [-0.4, -0.2) is 50.7 Å². The fourth-order valence-electron chi connectivity index (χ4n) is 3.68. The minimum Gasteiger partial charge on any atom is -0.494 e. The summed E-state index contributed by atoms with van der Waals surface area (Å²) >= 11 is 0. The molecule has 2 aromatic heterocycles. The number of fused-ring (bicyclic) bond motifs is 1. The third-order valence-electron chi connectivity index (χ3n) is 5.50. The van der Waals surface area contributed by atoms with E-state index in [2.05, 4.69) is 20.7 Å². The first kappa shape index (κ1) is 25.7. The van der Waals surface area contributed by atoms with Crippen molar-refractivity contribution in [3.8, 4) is 5.75 Å². The van der Waals surface area contributed by atoms with Gasteiger partial charge in [0.15, 0.2) is 0 Å². The van der Waals surface area contributed by atoms with Gasteiger partial charge in [0.25, 0.3) is 5.91 Å². The van der Waals surface area contributed by atoms with Crippen LogP contribution >= 0.6 is 0 Å². The molecule has 3 rings (SSSR count). The van der Waals surface area contributed by atoms with Crippen molar-refractivity contribution < 1.29 is 19.1 Å². The van der Waals surface area contributed by atoms with E-state index < -0.39 is 11.3 Å². The third kappa shape index (κ3) is 5.61. The molecule has 0 radical (unpaired) electrons. The first-order valence-corrected chi connectivity index (χ1v) is 11.5. The Balaban J connectivity index is 1.97. The number of methoxy groups -OCH3 is 1. The van der Waals surface area contributed by atoms with Gasteiger partial charge in [0.05, 0.1) is 18.3 Å². The van der Waals surface area contributed by atoms with Gasteiger partial charge in [-0.1, -0.05) is 20.8 Å². The number of rotatable bonds is 9. The predicted molar refractivity (Wildman–Crippen MR) is 132 cm³/mol. The van der Waals surface area contributed by atoms with Gasteiger partial charge in [-0.15, -0.1) is 0 Å². The number of imidazole rings is 1. The zero-order valence-corrected chi connectivity index (χ0v) is 21.1. The largest absolute Gasteiger partial charge is 0.494 e. The number of carbonyl (C=O) groups excluding carboxylic acids is 3. The summed E-state index contributed by atoms with van der Waals surface area (Å²) < 4.78 is 8.95. The summed E-state index contributed by atoms with van der Waals surface area (Å²) in [5, 5.41) is 10.1. The number of nitrogens with one attached hydrogen (secondary N) is 2. The molecule has 35 heavy (non-hydrogen) atoms. The second-order valence-corrected chi connectivity index (χ2v) is 9.30. The molecule has 0 aliphatic rings. The lowest BCUT2D eigenvalue weighted by Gasteiger charge is -2.18. The Bertz CT molecular complexity index is 1270. The van der Waals surface area contributed by atoms with Crippen LogP contribution in [-0.2, 0) is 17.9 Å². The zero-order chi connectivity index (χ0) is 25.9. The number of primary amides is 1. The lowest BCUT2D eigenvalue weighted by Crippen LogP contribution is -2.35. The van der Waals surface area contributed by atoms with Crippen LogP contribution in [0, 0.1) is 12.3 Å². The van der Waals surface area contributed by atoms with Crippen LogP contribution in [0.15, 0.2) is 18.2 Å². The fraction of sp³-hybridized carbons (Fsp3) is 0.458. The number of carbonyl (C=O) groups is 3. The van der Waals surface area contributed by atoms with Crippen LogP contribution < -0.4 is 21.1 Å². The molecule has 4 N–H and O–H groups in total. The van der Waals surface area contributed by atoms with Crippen molar-refractivity contribution in [2.24, 2.45) is 11.1 Å². The standard InChI is InChI=1S/C24H33N7O4/c1-7-31-17(11-14(2)29-31)21(33)28-23-27-16-12-15(20(25)32)13-18(35-6)19(16)30(23)10-8-9-26-22(34)24(3,4)5/h11-13H,7-10H2,1-6H3,(H2,25,32)(H,26,34)(H,27,28,33). The monoisotopic (exact) mass is 483 g/mol. The molecule has 0 fully saturated rings. The number of aromatic nitrogens is 4. The minimum atomic E-state index is -0.613. The normalized spacial score (nSPS) is 11.5. The summed E-state index contributed by atoms with van der Waals surface area (Å²) in [6.45, 7) is 10.7. The summed E-state index contributed by atoms with van der Waals surface area (Å²) in [5.74, 6) is -0.337. The van der Waals surface area contributed by atoms with Crippen molar-refractivity contribution >= 4 is 34.7 Å². The van der Waals surface area contributed by atoms with E-state index in [0.29, 0.717) is 48.5 Å². The Hall–Kier alpha value is -3.89. The summed E-state index contributed by atoms with van der Waals surface area (Å²) in [7, 11) is 1.49. The number of aryl methyl sites for hydroxylation is 3. The molecule has 0 aliphatic carbocycles. The Labute approximate surface area is 204 Å².